The minimum atomic E-state index is -3.70. The summed E-state index contributed by atoms with van der Waals surface area (Å²) in [4.78, 5) is 12.7. The smallest absolute Gasteiger partial charge is 0.343 e. The molecule has 0 unspecified atom stereocenters. The van der Waals surface area contributed by atoms with Crippen LogP contribution >= 0.6 is 11.6 Å². The summed E-state index contributed by atoms with van der Waals surface area (Å²) in [5.41, 5.74) is 1.69. The number of aryl methyl sites for hydroxylation is 2. The number of sulfonamides is 1. The van der Waals surface area contributed by atoms with E-state index in [1.54, 1.807) is 31.2 Å². The maximum Gasteiger partial charge on any atom is 0.343 e. The number of carbonyl (C=O) groups is 1. The molecule has 6 nitrogen and oxygen atoms in total. The minimum absolute atomic E-state index is 0.0530. The number of morpholine rings is 1. The number of carbonyl (C=O) groups excluding carboxylic acids is 1. The van der Waals surface area contributed by atoms with Crippen LogP contribution in [0.3, 0.4) is 0 Å². The van der Waals surface area contributed by atoms with Crippen molar-refractivity contribution >= 4 is 27.6 Å². The second-order valence-corrected chi connectivity index (χ2v) is 8.66. The first-order valence-corrected chi connectivity index (χ1v) is 10.3. The third kappa shape index (κ3) is 4.32. The predicted molar refractivity (Wildman–Crippen MR) is 102 cm³/mol. The Morgan fingerprint density at radius 1 is 1.11 bits per heavy atom. The Hall–Kier alpha value is -1.93. The highest BCUT2D eigenvalue weighted by Gasteiger charge is 2.27. The molecule has 0 atom stereocenters. The third-order valence-corrected chi connectivity index (χ3v) is 6.53. The molecule has 0 amide bonds. The van der Waals surface area contributed by atoms with E-state index in [0.717, 1.165) is 5.56 Å². The number of nitrogens with zero attached hydrogens (tertiary/aromatic N) is 1. The molecule has 0 bridgehead atoms. The van der Waals surface area contributed by atoms with Crippen LogP contribution in [0, 0.1) is 13.8 Å². The number of hydrogen-bond acceptors (Lipinski definition) is 5. The molecule has 0 aromatic heterocycles. The van der Waals surface area contributed by atoms with Crippen molar-refractivity contribution in [2.45, 2.75) is 18.7 Å². The average molecular weight is 410 g/mol. The first-order chi connectivity index (χ1) is 12.8. The fourth-order valence-electron chi connectivity index (χ4n) is 2.76. The normalized spacial score (nSPS) is 15.5. The lowest BCUT2D eigenvalue weighted by atomic mass is 10.1. The Bertz CT molecular complexity index is 968. The Morgan fingerprint density at radius 3 is 2.52 bits per heavy atom. The summed E-state index contributed by atoms with van der Waals surface area (Å²) in [5.74, 6) is -0.415. The molecule has 0 radical (unpaired) electrons. The van der Waals surface area contributed by atoms with Gasteiger partial charge < -0.3 is 9.47 Å². The van der Waals surface area contributed by atoms with E-state index >= 15 is 0 Å². The molecule has 1 aliphatic heterocycles. The van der Waals surface area contributed by atoms with Crippen LogP contribution in [0.4, 0.5) is 0 Å². The van der Waals surface area contributed by atoms with Gasteiger partial charge in [0.1, 0.15) is 5.75 Å². The summed E-state index contributed by atoms with van der Waals surface area (Å²) in [6, 6.07) is 9.56. The number of ether oxygens (including phenoxy) is 2. The number of rotatable bonds is 4. The highest BCUT2D eigenvalue weighted by atomic mass is 35.5. The monoisotopic (exact) mass is 409 g/mol. The van der Waals surface area contributed by atoms with Crippen LogP contribution in [0.2, 0.25) is 5.02 Å². The molecule has 0 spiro atoms. The van der Waals surface area contributed by atoms with E-state index < -0.39 is 16.0 Å². The lowest BCUT2D eigenvalue weighted by molar-refractivity contribution is 0.0727. The van der Waals surface area contributed by atoms with Crippen LogP contribution in [-0.4, -0.2) is 45.0 Å². The van der Waals surface area contributed by atoms with Crippen molar-refractivity contribution in [1.82, 2.24) is 4.31 Å². The second-order valence-electron chi connectivity index (χ2n) is 6.32. The molecule has 1 fully saturated rings. The van der Waals surface area contributed by atoms with E-state index in [1.165, 1.54) is 16.4 Å². The molecule has 27 heavy (non-hydrogen) atoms. The zero-order valence-electron chi connectivity index (χ0n) is 15.1. The summed E-state index contributed by atoms with van der Waals surface area (Å²) in [5, 5.41) is 0.309. The van der Waals surface area contributed by atoms with Crippen molar-refractivity contribution in [3.8, 4) is 5.75 Å². The third-order valence-electron chi connectivity index (χ3n) is 4.33. The van der Waals surface area contributed by atoms with Crippen LogP contribution in [0.25, 0.3) is 0 Å². The van der Waals surface area contributed by atoms with Gasteiger partial charge in [0, 0.05) is 13.1 Å². The maximum absolute atomic E-state index is 12.8. The summed E-state index contributed by atoms with van der Waals surface area (Å²) in [6.07, 6.45) is 0. The first kappa shape index (κ1) is 19.8. The van der Waals surface area contributed by atoms with Gasteiger partial charge >= 0.3 is 5.97 Å². The lowest BCUT2D eigenvalue weighted by Gasteiger charge is -2.26. The SMILES string of the molecule is Cc1ccc(Cl)c(OC(=O)c2cc(S(=O)(=O)N3CCOCC3)ccc2C)c1. The molecule has 1 saturated heterocycles. The summed E-state index contributed by atoms with van der Waals surface area (Å²) in [6.45, 7) is 4.86. The van der Waals surface area contributed by atoms with Gasteiger partial charge in [-0.3, -0.25) is 0 Å². The molecule has 3 rings (SSSR count). The number of hydrogen-bond donors (Lipinski definition) is 0. The first-order valence-electron chi connectivity index (χ1n) is 8.46. The predicted octanol–water partition coefficient (Wildman–Crippen LogP) is 3.20. The quantitative estimate of drug-likeness (QED) is 0.572. The van der Waals surface area contributed by atoms with E-state index in [4.69, 9.17) is 21.1 Å². The number of halogens is 1. The van der Waals surface area contributed by atoms with Crippen molar-refractivity contribution in [3.63, 3.8) is 0 Å². The van der Waals surface area contributed by atoms with Crippen LogP contribution in [0.15, 0.2) is 41.3 Å². The molecule has 8 heteroatoms. The van der Waals surface area contributed by atoms with Crippen molar-refractivity contribution in [1.29, 1.82) is 0 Å². The fourth-order valence-corrected chi connectivity index (χ4v) is 4.35. The summed E-state index contributed by atoms with van der Waals surface area (Å²) >= 11 is 6.08. The molecule has 144 valence electrons. The van der Waals surface area contributed by atoms with Crippen molar-refractivity contribution in [2.75, 3.05) is 26.3 Å². The Morgan fingerprint density at radius 2 is 1.81 bits per heavy atom. The van der Waals surface area contributed by atoms with E-state index in [0.29, 0.717) is 23.8 Å². The number of esters is 1. The molecular formula is C19H20ClNO5S. The van der Waals surface area contributed by atoms with Gasteiger partial charge in [0.15, 0.2) is 0 Å². The second kappa shape index (κ2) is 7.98. The fraction of sp³-hybridized carbons (Fsp3) is 0.316. The van der Waals surface area contributed by atoms with Gasteiger partial charge in [-0.15, -0.1) is 0 Å². The van der Waals surface area contributed by atoms with Gasteiger partial charge in [-0.05, 0) is 49.2 Å². The molecule has 0 aliphatic carbocycles. The molecule has 0 saturated carbocycles. The Balaban J connectivity index is 1.91. The lowest BCUT2D eigenvalue weighted by Crippen LogP contribution is -2.40. The zero-order valence-corrected chi connectivity index (χ0v) is 16.6. The van der Waals surface area contributed by atoms with Crippen molar-refractivity contribution in [3.05, 3.63) is 58.1 Å². The molecular weight excluding hydrogens is 390 g/mol. The Labute approximate surface area is 163 Å². The standard InChI is InChI=1S/C19H20ClNO5S/c1-13-3-6-17(20)18(11-13)26-19(22)16-12-15(5-4-14(16)2)27(23,24)21-7-9-25-10-8-21/h3-6,11-12H,7-10H2,1-2H3. The van der Waals surface area contributed by atoms with Crippen LogP contribution in [0.5, 0.6) is 5.75 Å². The summed E-state index contributed by atoms with van der Waals surface area (Å²) in [7, 11) is -3.70. The van der Waals surface area contributed by atoms with Gasteiger partial charge in [-0.1, -0.05) is 23.7 Å². The molecule has 2 aromatic rings. The maximum atomic E-state index is 12.8. The van der Waals surface area contributed by atoms with Crippen LogP contribution in [0.1, 0.15) is 21.5 Å². The van der Waals surface area contributed by atoms with Gasteiger partial charge in [0.25, 0.3) is 0 Å². The van der Waals surface area contributed by atoms with Gasteiger partial charge in [-0.25, -0.2) is 13.2 Å². The van der Waals surface area contributed by atoms with Crippen molar-refractivity contribution < 1.29 is 22.7 Å². The molecule has 1 aliphatic rings. The van der Waals surface area contributed by atoms with Crippen molar-refractivity contribution in [2.24, 2.45) is 0 Å². The van der Waals surface area contributed by atoms with Gasteiger partial charge in [0.2, 0.25) is 10.0 Å². The zero-order chi connectivity index (χ0) is 19.6. The summed E-state index contributed by atoms with van der Waals surface area (Å²) < 4.78 is 37.6. The van der Waals surface area contributed by atoms with E-state index in [1.807, 2.05) is 6.92 Å². The topological polar surface area (TPSA) is 72.9 Å². The van der Waals surface area contributed by atoms with E-state index in [9.17, 15) is 13.2 Å². The van der Waals surface area contributed by atoms with Crippen LogP contribution in [-0.2, 0) is 14.8 Å². The number of benzene rings is 2. The molecule has 2 aromatic carbocycles. The van der Waals surface area contributed by atoms with E-state index in [2.05, 4.69) is 0 Å². The average Bonchev–Trinajstić information content (AvgIpc) is 2.65. The highest BCUT2D eigenvalue weighted by molar-refractivity contribution is 7.89. The Kier molecular flexibility index (Phi) is 5.86. The molecule has 0 N–H and O–H groups in total. The molecule has 1 heterocycles. The minimum Gasteiger partial charge on any atom is -0.421 e. The largest absolute Gasteiger partial charge is 0.421 e. The van der Waals surface area contributed by atoms with Crippen LogP contribution < -0.4 is 4.74 Å². The highest BCUT2D eigenvalue weighted by Crippen LogP contribution is 2.27. The van der Waals surface area contributed by atoms with E-state index in [-0.39, 0.29) is 29.3 Å². The van der Waals surface area contributed by atoms with Gasteiger partial charge in [0.05, 0.1) is 28.7 Å². The van der Waals surface area contributed by atoms with Gasteiger partial charge in [-0.2, -0.15) is 4.31 Å².